The Balaban J connectivity index is 1.83. The third kappa shape index (κ3) is 5.33. The molecule has 3 N–H and O–H groups in total. The molecule has 10 heteroatoms. The van der Waals surface area contributed by atoms with E-state index in [1.165, 1.54) is 16.9 Å². The number of carboxylic acids is 1. The number of aromatic carboxylic acids is 1. The van der Waals surface area contributed by atoms with Gasteiger partial charge in [0.05, 0.1) is 24.9 Å². The lowest BCUT2D eigenvalue weighted by atomic mass is 10.0. The molecule has 1 unspecified atom stereocenters. The van der Waals surface area contributed by atoms with Gasteiger partial charge in [0.25, 0.3) is 0 Å². The Bertz CT molecular complexity index is 824. The highest BCUT2D eigenvalue weighted by atomic mass is 16.6. The van der Waals surface area contributed by atoms with Gasteiger partial charge >= 0.3 is 11.9 Å². The van der Waals surface area contributed by atoms with E-state index < -0.39 is 18.0 Å². The van der Waals surface area contributed by atoms with Crippen LogP contribution < -0.4 is 10.6 Å². The minimum Gasteiger partial charge on any atom is -0.477 e. The van der Waals surface area contributed by atoms with E-state index in [0.717, 1.165) is 0 Å². The lowest BCUT2D eigenvalue weighted by Crippen LogP contribution is -2.47. The van der Waals surface area contributed by atoms with Gasteiger partial charge in [-0.2, -0.15) is 0 Å². The zero-order chi connectivity index (χ0) is 20.7. The van der Waals surface area contributed by atoms with Crippen LogP contribution in [-0.2, 0) is 25.8 Å². The van der Waals surface area contributed by atoms with Crippen molar-refractivity contribution in [1.82, 2.24) is 15.2 Å². The minimum absolute atomic E-state index is 0.0256. The number of ether oxygens (including phenoxy) is 2. The van der Waals surface area contributed by atoms with E-state index in [0.29, 0.717) is 11.1 Å². The summed E-state index contributed by atoms with van der Waals surface area (Å²) in [4.78, 5) is 35.2. The number of furan rings is 1. The van der Waals surface area contributed by atoms with Crippen molar-refractivity contribution in [2.45, 2.75) is 26.6 Å². The van der Waals surface area contributed by atoms with Crippen molar-refractivity contribution in [2.24, 2.45) is 5.92 Å². The van der Waals surface area contributed by atoms with Gasteiger partial charge in [0.1, 0.15) is 25.1 Å². The van der Waals surface area contributed by atoms with Crippen LogP contribution in [0.15, 0.2) is 22.8 Å². The number of carbonyl (C=O) groups is 3. The topological polar surface area (TPSA) is 132 Å². The number of nitrogens with one attached hydrogen (secondary N) is 2. The monoisotopic (exact) mass is 395 g/mol. The third-order valence-corrected chi connectivity index (χ3v) is 4.01. The summed E-state index contributed by atoms with van der Waals surface area (Å²) in [5.41, 5.74) is 1.09. The summed E-state index contributed by atoms with van der Waals surface area (Å²) in [7, 11) is 1.64. The average molecular weight is 395 g/mol. The molecule has 2 aromatic heterocycles. The van der Waals surface area contributed by atoms with Crippen molar-refractivity contribution in [3.05, 3.63) is 24.1 Å². The van der Waals surface area contributed by atoms with Crippen LogP contribution in [0.4, 0.5) is 0 Å². The minimum atomic E-state index is -1.10. The summed E-state index contributed by atoms with van der Waals surface area (Å²) in [6.45, 7) is 3.72. The van der Waals surface area contributed by atoms with Gasteiger partial charge in [0.2, 0.25) is 5.91 Å². The molecule has 0 saturated carbocycles. The second kappa shape index (κ2) is 9.90. The fraction of sp³-hybridized carbons (Fsp3) is 0.500. The number of aromatic nitrogens is 1. The zero-order valence-corrected chi connectivity index (χ0v) is 16.1. The molecular formula is C18H25N3O7. The Morgan fingerprint density at radius 1 is 1.29 bits per heavy atom. The SMILES string of the molecule is CNCC(=O)NC(C(=O)OCCOCn1c(C(=O)O)cc2occc21)C(C)C. The van der Waals surface area contributed by atoms with Gasteiger partial charge in [0.15, 0.2) is 5.58 Å². The predicted octanol–water partition coefficient (Wildman–Crippen LogP) is 0.810. The number of esters is 1. The Hall–Kier alpha value is -2.85. The number of fused-ring (bicyclic) bond motifs is 1. The fourth-order valence-corrected chi connectivity index (χ4v) is 2.62. The first-order valence-corrected chi connectivity index (χ1v) is 8.83. The molecule has 0 aliphatic carbocycles. The molecule has 28 heavy (non-hydrogen) atoms. The lowest BCUT2D eigenvalue weighted by Gasteiger charge is -2.20. The predicted molar refractivity (Wildman–Crippen MR) is 98.8 cm³/mol. The molecule has 0 fully saturated rings. The summed E-state index contributed by atoms with van der Waals surface area (Å²) < 4.78 is 17.3. The van der Waals surface area contributed by atoms with E-state index in [9.17, 15) is 19.5 Å². The quantitative estimate of drug-likeness (QED) is 0.376. The Morgan fingerprint density at radius 2 is 2.04 bits per heavy atom. The Labute approximate surface area is 161 Å². The number of amides is 1. The molecule has 2 aromatic rings. The highest BCUT2D eigenvalue weighted by molar-refractivity contribution is 5.92. The van der Waals surface area contributed by atoms with Crippen LogP contribution in [0.2, 0.25) is 0 Å². The lowest BCUT2D eigenvalue weighted by molar-refractivity contribution is -0.151. The first kappa shape index (κ1) is 21.5. The normalized spacial score (nSPS) is 12.3. The Kier molecular flexibility index (Phi) is 7.59. The van der Waals surface area contributed by atoms with Gasteiger partial charge in [0, 0.05) is 12.1 Å². The highest BCUT2D eigenvalue weighted by Gasteiger charge is 2.25. The van der Waals surface area contributed by atoms with Gasteiger partial charge < -0.3 is 34.2 Å². The summed E-state index contributed by atoms with van der Waals surface area (Å²) >= 11 is 0. The summed E-state index contributed by atoms with van der Waals surface area (Å²) in [6, 6.07) is 2.31. The Morgan fingerprint density at radius 3 is 2.68 bits per heavy atom. The van der Waals surface area contributed by atoms with Crippen LogP contribution in [0.3, 0.4) is 0 Å². The maximum atomic E-state index is 12.2. The van der Waals surface area contributed by atoms with Crippen LogP contribution >= 0.6 is 0 Å². The first-order valence-electron chi connectivity index (χ1n) is 8.83. The smallest absolute Gasteiger partial charge is 0.352 e. The van der Waals surface area contributed by atoms with Crippen LogP contribution in [0.1, 0.15) is 24.3 Å². The molecule has 0 aliphatic rings. The van der Waals surface area contributed by atoms with Crippen molar-refractivity contribution < 1.29 is 33.4 Å². The van der Waals surface area contributed by atoms with Crippen LogP contribution in [0.25, 0.3) is 11.1 Å². The molecule has 0 bridgehead atoms. The fourth-order valence-electron chi connectivity index (χ4n) is 2.62. The van der Waals surface area contributed by atoms with Crippen molar-refractivity contribution >= 4 is 28.9 Å². The molecule has 0 saturated heterocycles. The molecule has 1 amide bonds. The maximum Gasteiger partial charge on any atom is 0.352 e. The molecule has 0 aromatic carbocycles. The number of hydrogen-bond acceptors (Lipinski definition) is 7. The van der Waals surface area contributed by atoms with Gasteiger partial charge in [-0.25, -0.2) is 9.59 Å². The molecule has 154 valence electrons. The molecule has 2 rings (SSSR count). The standard InChI is InChI=1S/C18H25N3O7/c1-11(2)16(20-15(22)9-19-3)18(25)28-7-6-26-10-21-12-4-5-27-14(12)8-13(21)17(23)24/h4-5,8,11,16,19H,6-7,9-10H2,1-3H3,(H,20,22)(H,23,24). The number of rotatable bonds is 11. The zero-order valence-electron chi connectivity index (χ0n) is 16.1. The van der Waals surface area contributed by atoms with Crippen LogP contribution in [0.5, 0.6) is 0 Å². The van der Waals surface area contributed by atoms with Gasteiger partial charge in [-0.3, -0.25) is 4.79 Å². The van der Waals surface area contributed by atoms with Crippen LogP contribution in [0, 0.1) is 5.92 Å². The number of carboxylic acid groups (broad SMARTS) is 1. The number of likely N-dealkylation sites (N-methyl/N-ethyl adjacent to an activating group) is 1. The average Bonchev–Trinajstić information content (AvgIpc) is 3.21. The second-order valence-corrected chi connectivity index (χ2v) is 6.46. The van der Waals surface area contributed by atoms with Crippen molar-refractivity contribution in [3.8, 4) is 0 Å². The van der Waals surface area contributed by atoms with Gasteiger partial charge in [-0.05, 0) is 13.0 Å². The van der Waals surface area contributed by atoms with Crippen molar-refractivity contribution in [2.75, 3.05) is 26.8 Å². The molecule has 1 atom stereocenters. The van der Waals surface area contributed by atoms with Gasteiger partial charge in [-0.1, -0.05) is 13.8 Å². The number of carbonyl (C=O) groups excluding carboxylic acids is 2. The third-order valence-electron chi connectivity index (χ3n) is 4.01. The highest BCUT2D eigenvalue weighted by Crippen LogP contribution is 2.21. The van der Waals surface area contributed by atoms with Crippen molar-refractivity contribution in [1.29, 1.82) is 0 Å². The van der Waals surface area contributed by atoms with E-state index >= 15 is 0 Å². The van der Waals surface area contributed by atoms with E-state index in [1.807, 2.05) is 0 Å². The van der Waals surface area contributed by atoms with Crippen LogP contribution in [-0.4, -0.2) is 60.4 Å². The van der Waals surface area contributed by atoms with E-state index in [-0.39, 0.29) is 44.0 Å². The largest absolute Gasteiger partial charge is 0.477 e. The first-order chi connectivity index (χ1) is 13.3. The van der Waals surface area contributed by atoms with E-state index in [1.54, 1.807) is 27.0 Å². The molecule has 0 spiro atoms. The van der Waals surface area contributed by atoms with Gasteiger partial charge in [-0.15, -0.1) is 0 Å². The van der Waals surface area contributed by atoms with E-state index in [4.69, 9.17) is 13.9 Å². The molecule has 2 heterocycles. The van der Waals surface area contributed by atoms with E-state index in [2.05, 4.69) is 10.6 Å². The summed E-state index contributed by atoms with van der Waals surface area (Å²) in [5.74, 6) is -2.08. The number of hydrogen-bond donors (Lipinski definition) is 3. The number of nitrogens with zero attached hydrogens (tertiary/aromatic N) is 1. The van der Waals surface area contributed by atoms with Crippen molar-refractivity contribution in [3.63, 3.8) is 0 Å². The summed E-state index contributed by atoms with van der Waals surface area (Å²) in [5, 5.41) is 14.6. The molecular weight excluding hydrogens is 370 g/mol. The maximum absolute atomic E-state index is 12.2. The molecule has 0 radical (unpaired) electrons. The second-order valence-electron chi connectivity index (χ2n) is 6.46. The molecule has 0 aliphatic heterocycles. The molecule has 10 nitrogen and oxygen atoms in total. The summed E-state index contributed by atoms with van der Waals surface area (Å²) in [6.07, 6.45) is 1.46.